The van der Waals surface area contributed by atoms with Crippen LogP contribution in [-0.2, 0) is 9.47 Å². The Kier molecular flexibility index (Phi) is 5.75. The normalized spacial score (nSPS) is 18.6. The molecule has 1 aliphatic rings. The summed E-state index contributed by atoms with van der Waals surface area (Å²) >= 11 is 0. The minimum absolute atomic E-state index is 0.135. The fraction of sp³-hybridized carbons (Fsp3) is 0.500. The van der Waals surface area contributed by atoms with Crippen molar-refractivity contribution in [3.8, 4) is 0 Å². The molecule has 0 radical (unpaired) electrons. The van der Waals surface area contributed by atoms with Crippen molar-refractivity contribution in [1.29, 1.82) is 0 Å². The largest absolute Gasteiger partial charge is 0.465 e. The van der Waals surface area contributed by atoms with Crippen LogP contribution in [0.2, 0.25) is 0 Å². The number of nitrogens with one attached hydrogen (secondary N) is 1. The van der Waals surface area contributed by atoms with E-state index >= 15 is 0 Å². The molecule has 0 bridgehead atoms. The predicted octanol–water partition coefficient (Wildman–Crippen LogP) is 2.30. The lowest BCUT2D eigenvalue weighted by atomic mass is 10.1. The van der Waals surface area contributed by atoms with E-state index in [9.17, 15) is 4.79 Å². The molecule has 114 valence electrons. The van der Waals surface area contributed by atoms with Crippen LogP contribution in [0.5, 0.6) is 0 Å². The van der Waals surface area contributed by atoms with E-state index in [0.717, 1.165) is 25.0 Å². The van der Waals surface area contributed by atoms with E-state index in [-0.39, 0.29) is 18.0 Å². The highest BCUT2D eigenvalue weighted by Crippen LogP contribution is 2.12. The second kappa shape index (κ2) is 7.78. The van der Waals surface area contributed by atoms with Gasteiger partial charge in [0.15, 0.2) is 0 Å². The predicted molar refractivity (Wildman–Crippen MR) is 81.5 cm³/mol. The van der Waals surface area contributed by atoms with Crippen LogP contribution in [-0.4, -0.2) is 37.8 Å². The van der Waals surface area contributed by atoms with Crippen LogP contribution in [0.25, 0.3) is 0 Å². The van der Waals surface area contributed by atoms with Crippen molar-refractivity contribution in [3.05, 3.63) is 35.4 Å². The summed E-state index contributed by atoms with van der Waals surface area (Å²) in [5.41, 5.74) is 1.55. The summed E-state index contributed by atoms with van der Waals surface area (Å²) in [7, 11) is 0. The highest BCUT2D eigenvalue weighted by atomic mass is 16.5. The lowest BCUT2D eigenvalue weighted by Crippen LogP contribution is -2.33. The average Bonchev–Trinajstić information content (AvgIpc) is 2.98. The number of aliphatic imine (C=N–C) groups is 1. The molecule has 0 unspecified atom stereocenters. The van der Waals surface area contributed by atoms with Gasteiger partial charge in [-0.05, 0) is 38.3 Å². The minimum Gasteiger partial charge on any atom is -0.465 e. The zero-order valence-corrected chi connectivity index (χ0v) is 12.6. The Morgan fingerprint density at radius 2 is 2.29 bits per heavy atom. The zero-order chi connectivity index (χ0) is 15.1. The second-order valence-electron chi connectivity index (χ2n) is 4.98. The maximum Gasteiger partial charge on any atom is 0.291 e. The average molecular weight is 290 g/mol. The quantitative estimate of drug-likeness (QED) is 0.683. The van der Waals surface area contributed by atoms with E-state index in [0.29, 0.717) is 18.7 Å². The second-order valence-corrected chi connectivity index (χ2v) is 4.98. The van der Waals surface area contributed by atoms with Gasteiger partial charge in [-0.2, -0.15) is 0 Å². The zero-order valence-electron chi connectivity index (χ0n) is 12.6. The number of benzene rings is 1. The number of hydrogen-bond donors (Lipinski definition) is 1. The molecule has 0 aromatic heterocycles. The third kappa shape index (κ3) is 4.56. The van der Waals surface area contributed by atoms with Crippen molar-refractivity contribution >= 4 is 11.9 Å². The maximum absolute atomic E-state index is 12.2. The van der Waals surface area contributed by atoms with Crippen LogP contribution in [0.3, 0.4) is 0 Å². The van der Waals surface area contributed by atoms with Gasteiger partial charge in [-0.3, -0.25) is 10.1 Å². The Morgan fingerprint density at radius 1 is 1.48 bits per heavy atom. The lowest BCUT2D eigenvalue weighted by Gasteiger charge is -2.12. The van der Waals surface area contributed by atoms with Gasteiger partial charge in [0.2, 0.25) is 0 Å². The fourth-order valence-electron chi connectivity index (χ4n) is 2.22. The van der Waals surface area contributed by atoms with E-state index in [1.165, 1.54) is 0 Å². The summed E-state index contributed by atoms with van der Waals surface area (Å²) in [6.07, 6.45) is 2.21. The molecule has 1 amide bonds. The van der Waals surface area contributed by atoms with Crippen LogP contribution < -0.4 is 5.32 Å². The van der Waals surface area contributed by atoms with Crippen molar-refractivity contribution in [2.45, 2.75) is 32.8 Å². The Bertz CT molecular complexity index is 508. The van der Waals surface area contributed by atoms with Crippen LogP contribution in [0, 0.1) is 6.92 Å². The van der Waals surface area contributed by atoms with Gasteiger partial charge < -0.3 is 9.47 Å². The topological polar surface area (TPSA) is 59.9 Å². The monoisotopic (exact) mass is 290 g/mol. The molecule has 1 N–H and O–H groups in total. The molecular formula is C16H22N2O3. The number of carbonyl (C=O) groups is 1. The third-order valence-electron chi connectivity index (χ3n) is 3.35. The van der Waals surface area contributed by atoms with Crippen LogP contribution in [0.1, 0.15) is 35.7 Å². The molecule has 5 nitrogen and oxygen atoms in total. The molecular weight excluding hydrogens is 268 g/mol. The number of rotatable bonds is 4. The number of ether oxygens (including phenoxy) is 2. The molecule has 21 heavy (non-hydrogen) atoms. The standard InChI is InChI=1S/C16H22N2O3/c1-3-20-16(17-11-13-8-6-10-21-13)18-15(19)14-9-5-4-7-12(14)2/h4-5,7,9,13H,3,6,8,10-11H2,1-2H3,(H,17,18,19)/t13-/m1/s1. The summed E-state index contributed by atoms with van der Waals surface area (Å²) in [5.74, 6) is -0.201. The number of carbonyl (C=O) groups excluding carboxylic acids is 1. The van der Waals surface area contributed by atoms with Gasteiger partial charge >= 0.3 is 0 Å². The first kappa shape index (κ1) is 15.5. The molecule has 1 aliphatic heterocycles. The molecule has 2 rings (SSSR count). The number of hydrogen-bond acceptors (Lipinski definition) is 4. The van der Waals surface area contributed by atoms with E-state index in [1.54, 1.807) is 6.07 Å². The first-order valence-corrected chi connectivity index (χ1v) is 7.36. The summed E-state index contributed by atoms with van der Waals surface area (Å²) in [5, 5.41) is 2.73. The Morgan fingerprint density at radius 3 is 2.95 bits per heavy atom. The molecule has 1 saturated heterocycles. The van der Waals surface area contributed by atoms with E-state index in [2.05, 4.69) is 10.3 Å². The van der Waals surface area contributed by atoms with E-state index in [4.69, 9.17) is 9.47 Å². The molecule has 1 aromatic carbocycles. The molecule has 5 heteroatoms. The van der Waals surface area contributed by atoms with Gasteiger partial charge in [0, 0.05) is 12.2 Å². The van der Waals surface area contributed by atoms with Crippen molar-refractivity contribution in [2.24, 2.45) is 4.99 Å². The number of amides is 1. The van der Waals surface area contributed by atoms with Gasteiger partial charge in [-0.1, -0.05) is 18.2 Å². The van der Waals surface area contributed by atoms with E-state index < -0.39 is 0 Å². The first-order chi connectivity index (χ1) is 10.2. The van der Waals surface area contributed by atoms with Gasteiger partial charge in [0.25, 0.3) is 11.9 Å². The third-order valence-corrected chi connectivity index (χ3v) is 3.35. The molecule has 0 aliphatic carbocycles. The molecule has 0 spiro atoms. The van der Waals surface area contributed by atoms with Crippen LogP contribution in [0.4, 0.5) is 0 Å². The van der Waals surface area contributed by atoms with Crippen molar-refractivity contribution < 1.29 is 14.3 Å². The van der Waals surface area contributed by atoms with Crippen molar-refractivity contribution in [2.75, 3.05) is 19.8 Å². The van der Waals surface area contributed by atoms with Crippen LogP contribution >= 0.6 is 0 Å². The summed E-state index contributed by atoms with van der Waals surface area (Å²) in [6.45, 7) is 5.53. The van der Waals surface area contributed by atoms with Gasteiger partial charge in [-0.25, -0.2) is 4.99 Å². The maximum atomic E-state index is 12.2. The number of amidine groups is 1. The Labute approximate surface area is 125 Å². The van der Waals surface area contributed by atoms with Crippen molar-refractivity contribution in [1.82, 2.24) is 5.32 Å². The lowest BCUT2D eigenvalue weighted by molar-refractivity contribution is 0.0963. The molecule has 1 heterocycles. The molecule has 0 saturated carbocycles. The number of aryl methyl sites for hydroxylation is 1. The highest BCUT2D eigenvalue weighted by Gasteiger charge is 2.16. The SMILES string of the molecule is CCOC(=NC[C@H]1CCCO1)NC(=O)c1ccccc1C. The summed E-state index contributed by atoms with van der Waals surface area (Å²) < 4.78 is 10.9. The van der Waals surface area contributed by atoms with Crippen molar-refractivity contribution in [3.63, 3.8) is 0 Å². The van der Waals surface area contributed by atoms with Gasteiger partial charge in [-0.15, -0.1) is 0 Å². The molecule has 1 atom stereocenters. The Hall–Kier alpha value is -1.88. The van der Waals surface area contributed by atoms with Crippen LogP contribution in [0.15, 0.2) is 29.3 Å². The van der Waals surface area contributed by atoms with E-state index in [1.807, 2.05) is 32.0 Å². The van der Waals surface area contributed by atoms with Gasteiger partial charge in [0.05, 0.1) is 19.3 Å². The van der Waals surface area contributed by atoms with Gasteiger partial charge in [0.1, 0.15) is 0 Å². The minimum atomic E-state index is -0.201. The molecule has 1 fully saturated rings. The Balaban J connectivity index is 1.99. The summed E-state index contributed by atoms with van der Waals surface area (Å²) in [6, 6.07) is 7.70. The number of nitrogens with zero attached hydrogens (tertiary/aromatic N) is 1. The fourth-order valence-corrected chi connectivity index (χ4v) is 2.22. The molecule has 1 aromatic rings. The summed E-state index contributed by atoms with van der Waals surface area (Å²) in [4.78, 5) is 16.6. The first-order valence-electron chi connectivity index (χ1n) is 7.36. The smallest absolute Gasteiger partial charge is 0.291 e. The highest BCUT2D eigenvalue weighted by molar-refractivity contribution is 6.04.